The highest BCUT2D eigenvalue weighted by Crippen LogP contribution is 2.37. The number of hydrogen-bond donors (Lipinski definition) is 1. The fraction of sp³-hybridized carbons (Fsp3) is 0.500. The second-order valence-electron chi connectivity index (χ2n) is 3.74. The van der Waals surface area contributed by atoms with Gasteiger partial charge in [-0.1, -0.05) is 0 Å². The molecule has 1 amide bonds. The van der Waals surface area contributed by atoms with Gasteiger partial charge in [-0.05, 0) is 29.9 Å². The van der Waals surface area contributed by atoms with Crippen molar-refractivity contribution in [3.8, 4) is 0 Å². The van der Waals surface area contributed by atoms with E-state index < -0.39 is 0 Å². The Balaban J connectivity index is 1.94. The van der Waals surface area contributed by atoms with E-state index in [9.17, 15) is 4.79 Å². The van der Waals surface area contributed by atoms with Gasteiger partial charge < -0.3 is 10.1 Å². The van der Waals surface area contributed by atoms with E-state index in [2.05, 4.69) is 16.8 Å². The largest absolute Gasteiger partial charge is 0.362 e. The predicted molar refractivity (Wildman–Crippen MR) is 53.3 cm³/mol. The molecule has 1 aromatic heterocycles. The lowest BCUT2D eigenvalue weighted by atomic mass is 9.90. The highest BCUT2D eigenvalue weighted by atomic mass is 32.1. The van der Waals surface area contributed by atoms with Crippen molar-refractivity contribution in [3.05, 3.63) is 21.9 Å². The molecule has 1 fully saturated rings. The lowest BCUT2D eigenvalue weighted by Gasteiger charge is -2.35. The number of thiophene rings is 1. The van der Waals surface area contributed by atoms with Crippen LogP contribution in [0.1, 0.15) is 23.0 Å². The molecule has 3 nitrogen and oxygen atoms in total. The number of nitrogens with one attached hydrogen (secondary N) is 1. The predicted octanol–water partition coefficient (Wildman–Crippen LogP) is 1.25. The summed E-state index contributed by atoms with van der Waals surface area (Å²) >= 11 is 1.79. The summed E-state index contributed by atoms with van der Waals surface area (Å²) in [6.07, 6.45) is 2.17. The molecule has 0 aromatic carbocycles. The van der Waals surface area contributed by atoms with Crippen LogP contribution in [0.4, 0.5) is 0 Å². The summed E-state index contributed by atoms with van der Waals surface area (Å²) in [5, 5.41) is 5.09. The number of aryl methyl sites for hydroxylation is 1. The van der Waals surface area contributed by atoms with Crippen LogP contribution in [0.15, 0.2) is 11.4 Å². The number of fused-ring (bicyclic) bond motifs is 3. The molecular formula is C10H11NO2S. The number of carbonyl (C=O) groups is 1. The van der Waals surface area contributed by atoms with Gasteiger partial charge >= 0.3 is 0 Å². The smallest absolute Gasteiger partial charge is 0.246 e. The van der Waals surface area contributed by atoms with Gasteiger partial charge in [0, 0.05) is 4.88 Å². The Morgan fingerprint density at radius 1 is 1.57 bits per heavy atom. The molecule has 3 rings (SSSR count). The number of rotatable bonds is 0. The molecule has 14 heavy (non-hydrogen) atoms. The van der Waals surface area contributed by atoms with Crippen LogP contribution in [0.2, 0.25) is 0 Å². The maximum atomic E-state index is 11.1. The van der Waals surface area contributed by atoms with Gasteiger partial charge in [0.25, 0.3) is 0 Å². The zero-order valence-electron chi connectivity index (χ0n) is 7.66. The van der Waals surface area contributed by atoms with Crippen LogP contribution in [0.25, 0.3) is 0 Å². The minimum atomic E-state index is 0.0185. The summed E-state index contributed by atoms with van der Waals surface area (Å²) in [5.41, 5.74) is 1.28. The number of hydrogen-bond acceptors (Lipinski definition) is 3. The molecule has 1 N–H and O–H groups in total. The Hall–Kier alpha value is -0.870. The third-order valence-corrected chi connectivity index (χ3v) is 3.87. The van der Waals surface area contributed by atoms with Crippen LogP contribution in [-0.4, -0.2) is 18.6 Å². The third kappa shape index (κ3) is 1.18. The Bertz CT molecular complexity index is 374. The molecule has 1 saturated heterocycles. The lowest BCUT2D eigenvalue weighted by molar-refractivity contribution is -0.137. The van der Waals surface area contributed by atoms with Gasteiger partial charge in [-0.2, -0.15) is 0 Å². The fourth-order valence-electron chi connectivity index (χ4n) is 2.23. The van der Waals surface area contributed by atoms with Crippen LogP contribution in [0.3, 0.4) is 0 Å². The first-order valence-electron chi connectivity index (χ1n) is 4.82. The fourth-order valence-corrected chi connectivity index (χ4v) is 3.16. The molecule has 2 unspecified atom stereocenters. The molecular weight excluding hydrogens is 198 g/mol. The van der Waals surface area contributed by atoms with E-state index in [0.29, 0.717) is 0 Å². The molecule has 1 aliphatic carbocycles. The van der Waals surface area contributed by atoms with Crippen molar-refractivity contribution in [1.29, 1.82) is 0 Å². The van der Waals surface area contributed by atoms with Crippen LogP contribution < -0.4 is 5.32 Å². The quantitative estimate of drug-likeness (QED) is 0.698. The standard InChI is InChI=1S/C10H11NO2S/c12-9-5-13-10-6-3-4-14-8(6)2-1-7(10)11-9/h3-4,7,10H,1-2,5H2,(H,11,12). The van der Waals surface area contributed by atoms with Crippen molar-refractivity contribution >= 4 is 17.2 Å². The Morgan fingerprint density at radius 2 is 2.50 bits per heavy atom. The third-order valence-electron chi connectivity index (χ3n) is 2.87. The Kier molecular flexibility index (Phi) is 1.85. The maximum Gasteiger partial charge on any atom is 0.246 e. The van der Waals surface area contributed by atoms with Crippen LogP contribution >= 0.6 is 11.3 Å². The molecule has 0 bridgehead atoms. The van der Waals surface area contributed by atoms with Gasteiger partial charge in [0.1, 0.15) is 12.7 Å². The SMILES string of the molecule is O=C1COC2c3ccsc3CCC2N1. The van der Waals surface area contributed by atoms with Crippen molar-refractivity contribution in [2.45, 2.75) is 25.0 Å². The zero-order valence-corrected chi connectivity index (χ0v) is 8.47. The van der Waals surface area contributed by atoms with Crippen LogP contribution in [0.5, 0.6) is 0 Å². The van der Waals surface area contributed by atoms with Crippen molar-refractivity contribution in [1.82, 2.24) is 5.32 Å². The van der Waals surface area contributed by atoms with E-state index >= 15 is 0 Å². The van der Waals surface area contributed by atoms with Crippen molar-refractivity contribution in [2.75, 3.05) is 6.61 Å². The van der Waals surface area contributed by atoms with Gasteiger partial charge in [-0.3, -0.25) is 4.79 Å². The second-order valence-corrected chi connectivity index (χ2v) is 4.74. The highest BCUT2D eigenvalue weighted by Gasteiger charge is 2.35. The molecule has 1 aromatic rings. The molecule has 0 saturated carbocycles. The zero-order chi connectivity index (χ0) is 9.54. The molecule has 74 valence electrons. The number of carbonyl (C=O) groups excluding carboxylic acids is 1. The van der Waals surface area contributed by atoms with Crippen molar-refractivity contribution in [3.63, 3.8) is 0 Å². The average Bonchev–Trinajstić information content (AvgIpc) is 2.65. The van der Waals surface area contributed by atoms with E-state index in [1.807, 2.05) is 0 Å². The summed E-state index contributed by atoms with van der Waals surface area (Å²) < 4.78 is 5.57. The Morgan fingerprint density at radius 3 is 3.43 bits per heavy atom. The van der Waals surface area contributed by atoms with Crippen molar-refractivity contribution in [2.24, 2.45) is 0 Å². The van der Waals surface area contributed by atoms with E-state index in [-0.39, 0.29) is 24.7 Å². The summed E-state index contributed by atoms with van der Waals surface area (Å²) in [7, 11) is 0. The van der Waals surface area contributed by atoms with Crippen molar-refractivity contribution < 1.29 is 9.53 Å². The molecule has 2 heterocycles. The minimum absolute atomic E-state index is 0.0185. The Labute approximate surface area is 86.1 Å². The first kappa shape index (κ1) is 8.44. The van der Waals surface area contributed by atoms with Crippen LogP contribution in [-0.2, 0) is 16.0 Å². The van der Waals surface area contributed by atoms with Gasteiger partial charge in [-0.15, -0.1) is 11.3 Å². The van der Waals surface area contributed by atoms with Gasteiger partial charge in [0.2, 0.25) is 5.91 Å². The average molecular weight is 209 g/mol. The topological polar surface area (TPSA) is 38.3 Å². The number of morpholine rings is 1. The first-order chi connectivity index (χ1) is 6.84. The minimum Gasteiger partial charge on any atom is -0.362 e. The summed E-state index contributed by atoms with van der Waals surface area (Å²) in [5.74, 6) is 0.0185. The molecule has 0 spiro atoms. The number of amides is 1. The lowest BCUT2D eigenvalue weighted by Crippen LogP contribution is -2.49. The first-order valence-corrected chi connectivity index (χ1v) is 5.70. The molecule has 1 aliphatic heterocycles. The summed E-state index contributed by atoms with van der Waals surface area (Å²) in [6.45, 7) is 0.205. The van der Waals surface area contributed by atoms with E-state index in [4.69, 9.17) is 4.74 Å². The molecule has 2 atom stereocenters. The molecule has 4 heteroatoms. The monoisotopic (exact) mass is 209 g/mol. The summed E-state index contributed by atoms with van der Waals surface area (Å²) in [6, 6.07) is 2.31. The van der Waals surface area contributed by atoms with Crippen LogP contribution in [0, 0.1) is 0 Å². The van der Waals surface area contributed by atoms with Gasteiger partial charge in [0.05, 0.1) is 6.04 Å². The normalized spacial score (nSPS) is 30.4. The van der Waals surface area contributed by atoms with E-state index in [1.54, 1.807) is 11.3 Å². The van der Waals surface area contributed by atoms with E-state index in [0.717, 1.165) is 12.8 Å². The van der Waals surface area contributed by atoms with Gasteiger partial charge in [0.15, 0.2) is 0 Å². The molecule has 2 aliphatic rings. The van der Waals surface area contributed by atoms with E-state index in [1.165, 1.54) is 10.4 Å². The van der Waals surface area contributed by atoms with Gasteiger partial charge in [-0.25, -0.2) is 0 Å². The highest BCUT2D eigenvalue weighted by molar-refractivity contribution is 7.10. The second kappa shape index (κ2) is 3.07. The molecule has 0 radical (unpaired) electrons. The maximum absolute atomic E-state index is 11.1. The summed E-state index contributed by atoms with van der Waals surface area (Å²) in [4.78, 5) is 12.6. The number of ether oxygens (including phenoxy) is 1.